The lowest BCUT2D eigenvalue weighted by molar-refractivity contribution is 0.527. The van der Waals surface area contributed by atoms with Gasteiger partial charge in [0.2, 0.25) is 0 Å². The maximum atomic E-state index is 6.34. The molecule has 2 aromatic rings. The molecule has 2 heterocycles. The fourth-order valence-corrected chi connectivity index (χ4v) is 2.57. The second-order valence-electron chi connectivity index (χ2n) is 5.02. The maximum Gasteiger partial charge on any atom is 0.0847 e. The average molecular weight is 293 g/mol. The lowest BCUT2D eigenvalue weighted by atomic mass is 10.0. The number of hydrogen-bond donors (Lipinski definition) is 1. The van der Waals surface area contributed by atoms with Crippen LogP contribution in [0.15, 0.2) is 18.3 Å². The van der Waals surface area contributed by atoms with Gasteiger partial charge in [0.25, 0.3) is 0 Å². The lowest BCUT2D eigenvalue weighted by Gasteiger charge is -2.18. The van der Waals surface area contributed by atoms with Gasteiger partial charge in [0.05, 0.1) is 16.4 Å². The Morgan fingerprint density at radius 2 is 2.10 bits per heavy atom. The summed E-state index contributed by atoms with van der Waals surface area (Å²) in [6, 6.07) is 4.35. The molecule has 2 rings (SSSR count). The highest BCUT2D eigenvalue weighted by Crippen LogP contribution is 2.25. The van der Waals surface area contributed by atoms with Crippen LogP contribution in [0.3, 0.4) is 0 Å². The number of rotatable bonds is 5. The second kappa shape index (κ2) is 6.37. The van der Waals surface area contributed by atoms with Gasteiger partial charge in [-0.3, -0.25) is 9.67 Å². The standard InChI is InChI=1S/C15H21ClN4/c1-5-17-13(12-7-6-10(2)18-9-12)8-14-15(16)11(3)19-20(14)4/h6-7,9,13,17H,5,8H2,1-4H3. The summed E-state index contributed by atoms with van der Waals surface area (Å²) in [4.78, 5) is 4.38. The van der Waals surface area contributed by atoms with E-state index in [1.807, 2.05) is 37.8 Å². The van der Waals surface area contributed by atoms with E-state index in [-0.39, 0.29) is 6.04 Å². The van der Waals surface area contributed by atoms with Crippen LogP contribution < -0.4 is 5.32 Å². The van der Waals surface area contributed by atoms with Crippen molar-refractivity contribution in [3.8, 4) is 0 Å². The van der Waals surface area contributed by atoms with Crippen molar-refractivity contribution in [2.75, 3.05) is 6.54 Å². The van der Waals surface area contributed by atoms with E-state index < -0.39 is 0 Å². The lowest BCUT2D eigenvalue weighted by Crippen LogP contribution is -2.24. The first-order valence-corrected chi connectivity index (χ1v) is 7.24. The molecule has 0 aromatic carbocycles. The quantitative estimate of drug-likeness (QED) is 0.921. The zero-order valence-electron chi connectivity index (χ0n) is 12.4. The molecule has 0 aliphatic heterocycles. The SMILES string of the molecule is CCNC(Cc1c(Cl)c(C)nn1C)c1ccc(C)nc1. The Labute approximate surface area is 125 Å². The number of nitrogens with one attached hydrogen (secondary N) is 1. The topological polar surface area (TPSA) is 42.7 Å². The van der Waals surface area contributed by atoms with Crippen molar-refractivity contribution in [1.29, 1.82) is 0 Å². The van der Waals surface area contributed by atoms with Crippen molar-refractivity contribution in [3.63, 3.8) is 0 Å². The Balaban J connectivity index is 2.27. The molecule has 0 fully saturated rings. The van der Waals surface area contributed by atoms with Crippen LogP contribution in [0.1, 0.15) is 35.6 Å². The fourth-order valence-electron chi connectivity index (χ4n) is 2.33. The van der Waals surface area contributed by atoms with Crippen LogP contribution in [-0.2, 0) is 13.5 Å². The zero-order valence-corrected chi connectivity index (χ0v) is 13.2. The molecule has 0 bridgehead atoms. The van der Waals surface area contributed by atoms with E-state index in [1.165, 1.54) is 5.56 Å². The van der Waals surface area contributed by atoms with Gasteiger partial charge < -0.3 is 5.32 Å². The van der Waals surface area contributed by atoms with Gasteiger partial charge in [0.1, 0.15) is 0 Å². The molecular weight excluding hydrogens is 272 g/mol. The smallest absolute Gasteiger partial charge is 0.0847 e. The summed E-state index contributed by atoms with van der Waals surface area (Å²) in [6.45, 7) is 6.92. The molecule has 1 atom stereocenters. The Bertz CT molecular complexity index is 574. The first-order chi connectivity index (χ1) is 9.52. The van der Waals surface area contributed by atoms with Crippen molar-refractivity contribution in [2.24, 2.45) is 7.05 Å². The van der Waals surface area contributed by atoms with Gasteiger partial charge in [-0.15, -0.1) is 0 Å². The molecule has 108 valence electrons. The van der Waals surface area contributed by atoms with Crippen LogP contribution in [0.5, 0.6) is 0 Å². The fraction of sp³-hybridized carbons (Fsp3) is 0.467. The van der Waals surface area contributed by atoms with E-state index in [0.29, 0.717) is 0 Å². The number of pyridine rings is 1. The Morgan fingerprint density at radius 3 is 2.60 bits per heavy atom. The van der Waals surface area contributed by atoms with Crippen LogP contribution in [0.25, 0.3) is 0 Å². The molecule has 1 N–H and O–H groups in total. The monoisotopic (exact) mass is 292 g/mol. The van der Waals surface area contributed by atoms with E-state index in [0.717, 1.165) is 35.1 Å². The number of hydrogen-bond acceptors (Lipinski definition) is 3. The van der Waals surface area contributed by atoms with Crippen LogP contribution >= 0.6 is 11.6 Å². The van der Waals surface area contributed by atoms with Gasteiger partial charge in [0.15, 0.2) is 0 Å². The Hall–Kier alpha value is -1.39. The second-order valence-corrected chi connectivity index (χ2v) is 5.39. The Morgan fingerprint density at radius 1 is 1.35 bits per heavy atom. The summed E-state index contributed by atoms with van der Waals surface area (Å²) in [5.74, 6) is 0. The van der Waals surface area contributed by atoms with Gasteiger partial charge in [-0.1, -0.05) is 24.6 Å². The minimum atomic E-state index is 0.195. The highest BCUT2D eigenvalue weighted by molar-refractivity contribution is 6.31. The molecule has 0 radical (unpaired) electrons. The number of likely N-dealkylation sites (N-methyl/N-ethyl adjacent to an activating group) is 1. The predicted octanol–water partition coefficient (Wildman–Crippen LogP) is 2.98. The molecule has 0 saturated heterocycles. The van der Waals surface area contributed by atoms with Crippen LogP contribution in [0.4, 0.5) is 0 Å². The summed E-state index contributed by atoms with van der Waals surface area (Å²) in [5, 5.41) is 8.62. The average Bonchev–Trinajstić information content (AvgIpc) is 2.65. The third-order valence-electron chi connectivity index (χ3n) is 3.45. The predicted molar refractivity (Wildman–Crippen MR) is 82.1 cm³/mol. The highest BCUT2D eigenvalue weighted by Gasteiger charge is 2.18. The first kappa shape index (κ1) is 15.0. The molecule has 0 aliphatic rings. The molecule has 0 spiro atoms. The van der Waals surface area contributed by atoms with Gasteiger partial charge in [0, 0.05) is 31.4 Å². The first-order valence-electron chi connectivity index (χ1n) is 6.86. The minimum Gasteiger partial charge on any atom is -0.310 e. The number of aryl methyl sites for hydroxylation is 3. The van der Waals surface area contributed by atoms with Crippen LogP contribution in [0.2, 0.25) is 5.02 Å². The van der Waals surface area contributed by atoms with Crippen molar-refractivity contribution in [1.82, 2.24) is 20.1 Å². The van der Waals surface area contributed by atoms with Gasteiger partial charge >= 0.3 is 0 Å². The number of nitrogens with zero attached hydrogens (tertiary/aromatic N) is 3. The molecule has 2 aromatic heterocycles. The van der Waals surface area contributed by atoms with Crippen molar-refractivity contribution >= 4 is 11.6 Å². The number of halogens is 1. The molecular formula is C15H21ClN4. The summed E-state index contributed by atoms with van der Waals surface area (Å²) in [7, 11) is 1.94. The normalized spacial score (nSPS) is 12.7. The molecule has 4 nitrogen and oxygen atoms in total. The summed E-state index contributed by atoms with van der Waals surface area (Å²) >= 11 is 6.34. The van der Waals surface area contributed by atoms with E-state index in [2.05, 4.69) is 28.4 Å². The van der Waals surface area contributed by atoms with E-state index in [9.17, 15) is 0 Å². The van der Waals surface area contributed by atoms with E-state index >= 15 is 0 Å². The molecule has 0 saturated carbocycles. The third-order valence-corrected chi connectivity index (χ3v) is 3.94. The van der Waals surface area contributed by atoms with Crippen LogP contribution in [-0.4, -0.2) is 21.3 Å². The van der Waals surface area contributed by atoms with E-state index in [1.54, 1.807) is 0 Å². The molecule has 0 amide bonds. The summed E-state index contributed by atoms with van der Waals surface area (Å²) < 4.78 is 1.86. The van der Waals surface area contributed by atoms with Gasteiger partial charge in [-0.05, 0) is 32.0 Å². The highest BCUT2D eigenvalue weighted by atomic mass is 35.5. The van der Waals surface area contributed by atoms with Gasteiger partial charge in [-0.2, -0.15) is 5.10 Å². The molecule has 1 unspecified atom stereocenters. The molecule has 0 aliphatic carbocycles. The largest absolute Gasteiger partial charge is 0.310 e. The van der Waals surface area contributed by atoms with Crippen LogP contribution in [0, 0.1) is 13.8 Å². The molecule has 5 heteroatoms. The van der Waals surface area contributed by atoms with Crippen molar-refractivity contribution in [3.05, 3.63) is 46.0 Å². The van der Waals surface area contributed by atoms with E-state index in [4.69, 9.17) is 11.6 Å². The maximum absolute atomic E-state index is 6.34. The van der Waals surface area contributed by atoms with Gasteiger partial charge in [-0.25, -0.2) is 0 Å². The van der Waals surface area contributed by atoms with Crippen molar-refractivity contribution < 1.29 is 0 Å². The minimum absolute atomic E-state index is 0.195. The molecule has 20 heavy (non-hydrogen) atoms. The Kier molecular flexibility index (Phi) is 4.78. The third kappa shape index (κ3) is 3.19. The number of aromatic nitrogens is 3. The summed E-state index contributed by atoms with van der Waals surface area (Å²) in [6.07, 6.45) is 2.73. The van der Waals surface area contributed by atoms with Crippen molar-refractivity contribution in [2.45, 2.75) is 33.2 Å². The summed E-state index contributed by atoms with van der Waals surface area (Å²) in [5.41, 5.74) is 4.13. The zero-order chi connectivity index (χ0) is 14.7.